The minimum Gasteiger partial charge on any atom is -0.399 e. The first kappa shape index (κ1) is 12.9. The Morgan fingerprint density at radius 1 is 1.11 bits per heavy atom. The molecule has 5 N–H and O–H groups in total. The number of hydrogen-bond donors (Lipinski definition) is 3. The van der Waals surface area contributed by atoms with Crippen molar-refractivity contribution in [2.24, 2.45) is 0 Å². The number of nitrogens with one attached hydrogen (secondary N) is 1. The molecule has 0 saturated heterocycles. The highest BCUT2D eigenvalue weighted by atomic mass is 19.1. The predicted molar refractivity (Wildman–Crippen MR) is 74.0 cm³/mol. The maximum atomic E-state index is 12.7. The zero-order valence-electron chi connectivity index (χ0n) is 10.2. The Hall–Kier alpha value is -2.56. The maximum absolute atomic E-state index is 12.7. The number of nitrogen functional groups attached to an aromatic ring is 2. The lowest BCUT2D eigenvalue weighted by Crippen LogP contribution is -2.15. The standard InChI is InChI=1S/C14H14FN3O/c15-10-2-5-12(6-3-10)18-14(19)7-9-1-4-11(16)8-13(9)17/h1-6,8H,7,16-17H2,(H,18,19). The van der Waals surface area contributed by atoms with Crippen LogP contribution in [0.5, 0.6) is 0 Å². The maximum Gasteiger partial charge on any atom is 0.228 e. The summed E-state index contributed by atoms with van der Waals surface area (Å²) in [6.07, 6.45) is 0.142. The summed E-state index contributed by atoms with van der Waals surface area (Å²) < 4.78 is 12.7. The van der Waals surface area contributed by atoms with Crippen molar-refractivity contribution >= 4 is 23.0 Å². The molecule has 19 heavy (non-hydrogen) atoms. The topological polar surface area (TPSA) is 81.1 Å². The van der Waals surface area contributed by atoms with Crippen LogP contribution in [0.1, 0.15) is 5.56 Å². The van der Waals surface area contributed by atoms with Crippen LogP contribution >= 0.6 is 0 Å². The van der Waals surface area contributed by atoms with Gasteiger partial charge in [-0.25, -0.2) is 4.39 Å². The molecule has 98 valence electrons. The first-order valence-corrected chi connectivity index (χ1v) is 5.74. The van der Waals surface area contributed by atoms with Crippen LogP contribution in [0.15, 0.2) is 42.5 Å². The SMILES string of the molecule is Nc1ccc(CC(=O)Nc2ccc(F)cc2)c(N)c1. The molecule has 5 heteroatoms. The number of anilines is 3. The lowest BCUT2D eigenvalue weighted by atomic mass is 10.1. The summed E-state index contributed by atoms with van der Waals surface area (Å²) in [4.78, 5) is 11.8. The summed E-state index contributed by atoms with van der Waals surface area (Å²) >= 11 is 0. The molecule has 1 amide bonds. The number of carbonyl (C=O) groups is 1. The number of carbonyl (C=O) groups excluding carboxylic acids is 1. The van der Waals surface area contributed by atoms with Crippen molar-refractivity contribution in [1.82, 2.24) is 0 Å². The Morgan fingerprint density at radius 2 is 1.79 bits per heavy atom. The summed E-state index contributed by atoms with van der Waals surface area (Å²) in [6, 6.07) is 10.6. The van der Waals surface area contributed by atoms with Crippen LogP contribution in [-0.4, -0.2) is 5.91 Å². The van der Waals surface area contributed by atoms with E-state index in [-0.39, 0.29) is 18.1 Å². The van der Waals surface area contributed by atoms with Gasteiger partial charge in [0.2, 0.25) is 5.91 Å². The Bertz CT molecular complexity index is 596. The Morgan fingerprint density at radius 3 is 2.42 bits per heavy atom. The zero-order chi connectivity index (χ0) is 13.8. The van der Waals surface area contributed by atoms with Gasteiger partial charge in [-0.3, -0.25) is 4.79 Å². The van der Waals surface area contributed by atoms with Crippen LogP contribution in [-0.2, 0) is 11.2 Å². The summed E-state index contributed by atoms with van der Waals surface area (Å²) in [7, 11) is 0. The Balaban J connectivity index is 2.03. The van der Waals surface area contributed by atoms with Crippen molar-refractivity contribution in [2.45, 2.75) is 6.42 Å². The van der Waals surface area contributed by atoms with Gasteiger partial charge in [-0.05, 0) is 42.0 Å². The Labute approximate surface area is 110 Å². The fourth-order valence-corrected chi connectivity index (χ4v) is 1.69. The molecule has 0 aliphatic carbocycles. The van der Waals surface area contributed by atoms with Gasteiger partial charge >= 0.3 is 0 Å². The van der Waals surface area contributed by atoms with Crippen molar-refractivity contribution < 1.29 is 9.18 Å². The number of amides is 1. The molecule has 2 aromatic carbocycles. The monoisotopic (exact) mass is 259 g/mol. The van der Waals surface area contributed by atoms with Crippen LogP contribution in [0, 0.1) is 5.82 Å². The third-order valence-electron chi connectivity index (χ3n) is 2.65. The second-order valence-corrected chi connectivity index (χ2v) is 4.19. The molecule has 2 rings (SSSR count). The van der Waals surface area contributed by atoms with E-state index in [4.69, 9.17) is 11.5 Å². The molecule has 4 nitrogen and oxygen atoms in total. The second kappa shape index (κ2) is 5.39. The fraction of sp³-hybridized carbons (Fsp3) is 0.0714. The van der Waals surface area contributed by atoms with Crippen molar-refractivity contribution in [1.29, 1.82) is 0 Å². The van der Waals surface area contributed by atoms with Crippen LogP contribution in [0.3, 0.4) is 0 Å². The third kappa shape index (κ3) is 3.45. The van der Waals surface area contributed by atoms with Crippen molar-refractivity contribution in [3.8, 4) is 0 Å². The van der Waals surface area contributed by atoms with Gasteiger partial charge in [-0.1, -0.05) is 6.07 Å². The molecule has 0 aromatic heterocycles. The average Bonchev–Trinajstić information content (AvgIpc) is 2.36. The number of rotatable bonds is 3. The largest absolute Gasteiger partial charge is 0.399 e. The van der Waals surface area contributed by atoms with E-state index in [0.717, 1.165) is 0 Å². The van der Waals surface area contributed by atoms with E-state index < -0.39 is 0 Å². The molecule has 0 aliphatic heterocycles. The zero-order valence-corrected chi connectivity index (χ0v) is 10.2. The molecule has 0 aliphatic rings. The first-order valence-electron chi connectivity index (χ1n) is 5.74. The smallest absolute Gasteiger partial charge is 0.228 e. The molecule has 0 unspecified atom stereocenters. The average molecular weight is 259 g/mol. The van der Waals surface area contributed by atoms with E-state index in [0.29, 0.717) is 22.6 Å². The minimum absolute atomic E-state index is 0.142. The highest BCUT2D eigenvalue weighted by molar-refractivity contribution is 5.93. The molecule has 2 aromatic rings. The quantitative estimate of drug-likeness (QED) is 0.739. The van der Waals surface area contributed by atoms with Crippen molar-refractivity contribution in [3.63, 3.8) is 0 Å². The normalized spacial score (nSPS) is 10.2. The number of nitrogens with two attached hydrogens (primary N) is 2. The van der Waals surface area contributed by atoms with Gasteiger partial charge in [0.15, 0.2) is 0 Å². The summed E-state index contributed by atoms with van der Waals surface area (Å²) in [6.45, 7) is 0. The number of hydrogen-bond acceptors (Lipinski definition) is 3. The molecule has 0 spiro atoms. The second-order valence-electron chi connectivity index (χ2n) is 4.19. The van der Waals surface area contributed by atoms with Gasteiger partial charge in [0.1, 0.15) is 5.82 Å². The van der Waals surface area contributed by atoms with Crippen molar-refractivity contribution in [3.05, 3.63) is 53.8 Å². The van der Waals surface area contributed by atoms with Crippen LogP contribution in [0.2, 0.25) is 0 Å². The van der Waals surface area contributed by atoms with Gasteiger partial charge in [-0.2, -0.15) is 0 Å². The lowest BCUT2D eigenvalue weighted by Gasteiger charge is -2.08. The molecule has 0 bridgehead atoms. The minimum atomic E-state index is -0.347. The highest BCUT2D eigenvalue weighted by Gasteiger charge is 2.07. The van der Waals surface area contributed by atoms with Crippen LogP contribution in [0.25, 0.3) is 0 Å². The van der Waals surface area contributed by atoms with E-state index >= 15 is 0 Å². The molecule has 0 fully saturated rings. The molecule has 0 saturated carbocycles. The molecular formula is C14H14FN3O. The van der Waals surface area contributed by atoms with E-state index in [9.17, 15) is 9.18 Å². The molecule has 0 atom stereocenters. The highest BCUT2D eigenvalue weighted by Crippen LogP contribution is 2.17. The van der Waals surface area contributed by atoms with E-state index in [1.165, 1.54) is 24.3 Å². The van der Waals surface area contributed by atoms with Gasteiger partial charge in [0.05, 0.1) is 6.42 Å². The predicted octanol–water partition coefficient (Wildman–Crippen LogP) is 2.17. The van der Waals surface area contributed by atoms with Gasteiger partial charge in [0, 0.05) is 17.1 Å². The molecule has 0 heterocycles. The Kier molecular flexibility index (Phi) is 3.66. The third-order valence-corrected chi connectivity index (χ3v) is 2.65. The van der Waals surface area contributed by atoms with Crippen LogP contribution < -0.4 is 16.8 Å². The first-order chi connectivity index (χ1) is 9.04. The van der Waals surface area contributed by atoms with Crippen molar-refractivity contribution in [2.75, 3.05) is 16.8 Å². The summed E-state index contributed by atoms with van der Waals surface area (Å²) in [5.41, 5.74) is 13.6. The van der Waals surface area contributed by atoms with Gasteiger partial charge in [0.25, 0.3) is 0 Å². The summed E-state index contributed by atoms with van der Waals surface area (Å²) in [5.74, 6) is -0.566. The molecule has 0 radical (unpaired) electrons. The van der Waals surface area contributed by atoms with Gasteiger partial charge < -0.3 is 16.8 Å². The van der Waals surface area contributed by atoms with E-state index in [1.807, 2.05) is 0 Å². The number of benzene rings is 2. The van der Waals surface area contributed by atoms with E-state index in [2.05, 4.69) is 5.32 Å². The van der Waals surface area contributed by atoms with E-state index in [1.54, 1.807) is 18.2 Å². The fourth-order valence-electron chi connectivity index (χ4n) is 1.69. The van der Waals surface area contributed by atoms with Crippen LogP contribution in [0.4, 0.5) is 21.5 Å². The van der Waals surface area contributed by atoms with Gasteiger partial charge in [-0.15, -0.1) is 0 Å². The lowest BCUT2D eigenvalue weighted by molar-refractivity contribution is -0.115. The number of halogens is 1. The molecular weight excluding hydrogens is 245 g/mol. The summed E-state index contributed by atoms with van der Waals surface area (Å²) in [5, 5.41) is 2.67.